The molecule has 4 nitrogen and oxygen atoms in total. The van der Waals surface area contributed by atoms with E-state index in [-0.39, 0.29) is 24.2 Å². The van der Waals surface area contributed by atoms with Gasteiger partial charge in [-0.25, -0.2) is 0 Å². The molecule has 0 spiro atoms. The van der Waals surface area contributed by atoms with Crippen LogP contribution >= 0.6 is 12.4 Å². The van der Waals surface area contributed by atoms with Gasteiger partial charge in [-0.2, -0.15) is 0 Å². The Morgan fingerprint density at radius 3 is 2.44 bits per heavy atom. The summed E-state index contributed by atoms with van der Waals surface area (Å²) in [7, 11) is 1.88. The molecule has 1 aliphatic rings. The van der Waals surface area contributed by atoms with Crippen LogP contribution in [0.1, 0.15) is 27.2 Å². The first kappa shape index (κ1) is 15.4. The monoisotopic (exact) mass is 249 g/mol. The van der Waals surface area contributed by atoms with Crippen molar-refractivity contribution in [2.75, 3.05) is 20.1 Å². The van der Waals surface area contributed by atoms with E-state index in [9.17, 15) is 9.59 Å². The van der Waals surface area contributed by atoms with Crippen molar-refractivity contribution in [1.29, 1.82) is 0 Å². The molecule has 1 saturated heterocycles. The van der Waals surface area contributed by atoms with Crippen LogP contribution < -0.4 is 0 Å². The van der Waals surface area contributed by atoms with E-state index in [0.29, 0.717) is 13.0 Å². The molecule has 1 aliphatic heterocycles. The van der Waals surface area contributed by atoms with Crippen molar-refractivity contribution in [2.24, 2.45) is 5.92 Å². The lowest BCUT2D eigenvalue weighted by molar-refractivity contribution is -0.163. The van der Waals surface area contributed by atoms with Crippen LogP contribution in [0.15, 0.2) is 0 Å². The fourth-order valence-corrected chi connectivity index (χ4v) is 1.59. The van der Waals surface area contributed by atoms with Crippen LogP contribution in [-0.2, 0) is 14.3 Å². The zero-order chi connectivity index (χ0) is 11.6. The Labute approximate surface area is 103 Å². The number of halogens is 1. The van der Waals surface area contributed by atoms with Crippen LogP contribution in [0.2, 0.25) is 0 Å². The molecule has 0 amide bonds. The van der Waals surface area contributed by atoms with Crippen LogP contribution in [0.25, 0.3) is 0 Å². The minimum atomic E-state index is -0.555. The Balaban J connectivity index is 0.00000225. The van der Waals surface area contributed by atoms with Gasteiger partial charge in [-0.3, -0.25) is 14.5 Å². The van der Waals surface area contributed by atoms with Gasteiger partial charge in [0.05, 0.1) is 6.54 Å². The van der Waals surface area contributed by atoms with Gasteiger partial charge in [-0.05, 0) is 40.8 Å². The maximum absolute atomic E-state index is 11.7. The number of piperidine rings is 1. The fraction of sp³-hybridized carbons (Fsp3) is 0.818. The van der Waals surface area contributed by atoms with Crippen molar-refractivity contribution >= 4 is 24.2 Å². The second-order valence-corrected chi connectivity index (χ2v) is 5.08. The van der Waals surface area contributed by atoms with Gasteiger partial charge in [0, 0.05) is 0 Å². The summed E-state index contributed by atoms with van der Waals surface area (Å²) in [5.74, 6) is -0.959. The SMILES string of the molecule is CN1CCC(C(=O)OC(C)(C)C)C(=O)C1.Cl. The van der Waals surface area contributed by atoms with E-state index in [1.54, 1.807) is 0 Å². The molecule has 0 N–H and O–H groups in total. The number of esters is 1. The summed E-state index contributed by atoms with van der Waals surface area (Å²) >= 11 is 0. The predicted octanol–water partition coefficient (Wildman–Crippen LogP) is 1.27. The highest BCUT2D eigenvalue weighted by Crippen LogP contribution is 2.18. The molecule has 0 aromatic heterocycles. The zero-order valence-electron chi connectivity index (χ0n) is 10.3. The predicted molar refractivity (Wildman–Crippen MR) is 63.7 cm³/mol. The third-order valence-corrected chi connectivity index (χ3v) is 2.31. The Bertz CT molecular complexity index is 273. The van der Waals surface area contributed by atoms with Crippen LogP contribution in [0, 0.1) is 5.92 Å². The van der Waals surface area contributed by atoms with Gasteiger partial charge in [0.2, 0.25) is 0 Å². The topological polar surface area (TPSA) is 46.6 Å². The molecule has 0 saturated carbocycles. The van der Waals surface area contributed by atoms with E-state index in [2.05, 4.69) is 0 Å². The van der Waals surface area contributed by atoms with Gasteiger partial charge < -0.3 is 4.74 Å². The molecule has 1 fully saturated rings. The molecule has 0 aliphatic carbocycles. The van der Waals surface area contributed by atoms with Crippen molar-refractivity contribution in [2.45, 2.75) is 32.8 Å². The fourth-order valence-electron chi connectivity index (χ4n) is 1.59. The number of nitrogens with zero attached hydrogens (tertiary/aromatic N) is 1. The smallest absolute Gasteiger partial charge is 0.317 e. The number of carbonyl (C=O) groups excluding carboxylic acids is 2. The second kappa shape index (κ2) is 5.64. The van der Waals surface area contributed by atoms with Gasteiger partial charge in [-0.1, -0.05) is 0 Å². The molecule has 0 radical (unpaired) electrons. The maximum Gasteiger partial charge on any atom is 0.317 e. The minimum Gasteiger partial charge on any atom is -0.459 e. The normalized spacial score (nSPS) is 22.5. The molecule has 1 heterocycles. The average molecular weight is 250 g/mol. The lowest BCUT2D eigenvalue weighted by Crippen LogP contribution is -2.43. The molecule has 5 heteroatoms. The van der Waals surface area contributed by atoms with E-state index < -0.39 is 11.5 Å². The van der Waals surface area contributed by atoms with E-state index in [1.165, 1.54) is 0 Å². The Morgan fingerprint density at radius 2 is 2.00 bits per heavy atom. The maximum atomic E-state index is 11.7. The number of Topliss-reactive ketones (excluding diaryl/α,β-unsaturated/α-hetero) is 1. The van der Waals surface area contributed by atoms with Crippen LogP contribution in [0.5, 0.6) is 0 Å². The number of likely N-dealkylation sites (tertiary alicyclic amines) is 1. The molecule has 1 atom stereocenters. The van der Waals surface area contributed by atoms with Crippen molar-refractivity contribution < 1.29 is 14.3 Å². The number of ketones is 1. The summed E-state index contributed by atoms with van der Waals surface area (Å²) in [6.07, 6.45) is 0.574. The molecule has 1 unspecified atom stereocenters. The van der Waals surface area contributed by atoms with Crippen LogP contribution in [-0.4, -0.2) is 42.4 Å². The van der Waals surface area contributed by atoms with Crippen LogP contribution in [0.3, 0.4) is 0 Å². The van der Waals surface area contributed by atoms with Gasteiger partial charge in [0.1, 0.15) is 11.5 Å². The van der Waals surface area contributed by atoms with Gasteiger partial charge >= 0.3 is 5.97 Å². The van der Waals surface area contributed by atoms with Crippen molar-refractivity contribution in [3.8, 4) is 0 Å². The molecule has 0 aromatic carbocycles. The Kier molecular flexibility index (Phi) is 5.42. The van der Waals surface area contributed by atoms with Crippen LogP contribution in [0.4, 0.5) is 0 Å². The minimum absolute atomic E-state index is 0. The highest BCUT2D eigenvalue weighted by Gasteiger charge is 2.34. The number of hydrogen-bond acceptors (Lipinski definition) is 4. The van der Waals surface area contributed by atoms with E-state index >= 15 is 0 Å². The molecular weight excluding hydrogens is 230 g/mol. The van der Waals surface area contributed by atoms with Gasteiger partial charge in [0.15, 0.2) is 5.78 Å². The molecule has 0 bridgehead atoms. The molecule has 16 heavy (non-hydrogen) atoms. The summed E-state index contributed by atoms with van der Waals surface area (Å²) < 4.78 is 5.20. The average Bonchev–Trinajstić information content (AvgIpc) is 1.99. The largest absolute Gasteiger partial charge is 0.459 e. The number of rotatable bonds is 1. The first-order valence-electron chi connectivity index (χ1n) is 5.24. The quantitative estimate of drug-likeness (QED) is 0.519. The highest BCUT2D eigenvalue weighted by atomic mass is 35.5. The molecular formula is C11H20ClNO3. The highest BCUT2D eigenvalue weighted by molar-refractivity contribution is 6.00. The first-order valence-corrected chi connectivity index (χ1v) is 5.24. The molecule has 1 rings (SSSR count). The number of ether oxygens (including phenoxy) is 1. The van der Waals surface area contributed by atoms with E-state index in [1.807, 2.05) is 32.7 Å². The van der Waals surface area contributed by atoms with Gasteiger partial charge in [-0.15, -0.1) is 12.4 Å². The summed E-state index contributed by atoms with van der Waals surface area (Å²) in [5.41, 5.74) is -0.513. The standard InChI is InChI=1S/C11H19NO3.ClH/c1-11(2,3)15-10(14)8-5-6-12(4)7-9(8)13;/h8H,5-7H2,1-4H3;1H. The second-order valence-electron chi connectivity index (χ2n) is 5.08. The summed E-state index contributed by atoms with van der Waals surface area (Å²) in [6, 6.07) is 0. The Hall–Kier alpha value is -0.610. The van der Waals surface area contributed by atoms with E-state index in [4.69, 9.17) is 4.74 Å². The third kappa shape index (κ3) is 4.49. The molecule has 94 valence electrons. The number of hydrogen-bond donors (Lipinski definition) is 0. The van der Waals surface area contributed by atoms with Crippen molar-refractivity contribution in [3.63, 3.8) is 0 Å². The van der Waals surface area contributed by atoms with Crippen molar-refractivity contribution in [1.82, 2.24) is 4.90 Å². The lowest BCUT2D eigenvalue weighted by atomic mass is 9.95. The number of carbonyl (C=O) groups is 2. The zero-order valence-corrected chi connectivity index (χ0v) is 11.1. The first-order chi connectivity index (χ1) is 6.79. The number of likely N-dealkylation sites (N-methyl/N-ethyl adjacent to an activating group) is 1. The summed E-state index contributed by atoms with van der Waals surface area (Å²) in [4.78, 5) is 25.2. The Morgan fingerprint density at radius 1 is 1.44 bits per heavy atom. The summed E-state index contributed by atoms with van der Waals surface area (Å²) in [5, 5.41) is 0. The van der Waals surface area contributed by atoms with E-state index in [0.717, 1.165) is 6.54 Å². The molecule has 0 aromatic rings. The lowest BCUT2D eigenvalue weighted by Gasteiger charge is -2.29. The third-order valence-electron chi connectivity index (χ3n) is 2.31. The summed E-state index contributed by atoms with van der Waals surface area (Å²) in [6.45, 7) is 6.55. The van der Waals surface area contributed by atoms with Crippen molar-refractivity contribution in [3.05, 3.63) is 0 Å². The van der Waals surface area contributed by atoms with Gasteiger partial charge in [0.25, 0.3) is 0 Å².